The Morgan fingerprint density at radius 2 is 1.56 bits per heavy atom. The van der Waals surface area contributed by atoms with Crippen LogP contribution in [0.2, 0.25) is 0 Å². The van der Waals surface area contributed by atoms with Gasteiger partial charge in [0.05, 0.1) is 7.11 Å². The molecule has 2 aromatic rings. The number of amides is 1. The molecule has 36 heavy (non-hydrogen) atoms. The minimum atomic E-state index is -1.12. The van der Waals surface area contributed by atoms with E-state index in [2.05, 4.69) is 5.32 Å². The summed E-state index contributed by atoms with van der Waals surface area (Å²) < 4.78 is 21.6. The molecule has 8 nitrogen and oxygen atoms in total. The summed E-state index contributed by atoms with van der Waals surface area (Å²) in [6.07, 6.45) is -1.16. The number of rotatable bonds is 11. The van der Waals surface area contributed by atoms with E-state index >= 15 is 0 Å². The predicted molar refractivity (Wildman–Crippen MR) is 135 cm³/mol. The third-order valence-corrected chi connectivity index (χ3v) is 5.43. The summed E-state index contributed by atoms with van der Waals surface area (Å²) in [6.45, 7) is 8.95. The van der Waals surface area contributed by atoms with E-state index in [1.165, 1.54) is 0 Å². The summed E-state index contributed by atoms with van der Waals surface area (Å²) in [5.74, 6) is -1.02. The van der Waals surface area contributed by atoms with E-state index in [1.54, 1.807) is 52.1 Å². The molecule has 3 atom stereocenters. The number of carbonyl (C=O) groups is 3. The minimum absolute atomic E-state index is 0.0651. The van der Waals surface area contributed by atoms with Crippen molar-refractivity contribution in [3.63, 3.8) is 0 Å². The summed E-state index contributed by atoms with van der Waals surface area (Å²) in [6, 6.07) is 15.3. The van der Waals surface area contributed by atoms with E-state index in [1.807, 2.05) is 44.2 Å². The Morgan fingerprint density at radius 3 is 2.11 bits per heavy atom. The molecule has 3 unspecified atom stereocenters. The highest BCUT2D eigenvalue weighted by Gasteiger charge is 2.34. The Kier molecular flexibility index (Phi) is 10.8. The minimum Gasteiger partial charge on any atom is -0.497 e. The van der Waals surface area contributed by atoms with Crippen LogP contribution in [0.25, 0.3) is 0 Å². The molecule has 0 aliphatic carbocycles. The van der Waals surface area contributed by atoms with Crippen molar-refractivity contribution in [1.82, 2.24) is 5.32 Å². The van der Waals surface area contributed by atoms with Crippen LogP contribution < -0.4 is 10.1 Å². The number of hydrogen-bond donors (Lipinski definition) is 1. The topological polar surface area (TPSA) is 100 Å². The van der Waals surface area contributed by atoms with E-state index in [4.69, 9.17) is 18.9 Å². The van der Waals surface area contributed by atoms with Gasteiger partial charge in [-0.25, -0.2) is 14.4 Å². The number of ether oxygens (including phenoxy) is 4. The Hall–Kier alpha value is -3.55. The fourth-order valence-corrected chi connectivity index (χ4v) is 3.27. The first kappa shape index (κ1) is 28.7. The number of benzene rings is 2. The highest BCUT2D eigenvalue weighted by molar-refractivity contribution is 5.85. The molecule has 0 aliphatic heterocycles. The molecular formula is C28H37NO7. The van der Waals surface area contributed by atoms with Gasteiger partial charge in [0.2, 0.25) is 6.10 Å². The SMILES string of the molecule is CCC(C)C(OC(=O)C(Cc1ccc(OC)cc1)NC(=O)OC(C)(C)C)C(=O)OCc1ccccc1. The summed E-state index contributed by atoms with van der Waals surface area (Å²) >= 11 is 0. The number of methoxy groups -OCH3 is 1. The maximum absolute atomic E-state index is 13.3. The average molecular weight is 500 g/mol. The summed E-state index contributed by atoms with van der Waals surface area (Å²) in [5, 5.41) is 2.59. The maximum atomic E-state index is 13.3. The Labute approximate surface area is 213 Å². The number of alkyl carbamates (subject to hydrolysis) is 1. The van der Waals surface area contributed by atoms with Crippen LogP contribution >= 0.6 is 0 Å². The zero-order chi connectivity index (χ0) is 26.7. The van der Waals surface area contributed by atoms with E-state index < -0.39 is 35.8 Å². The van der Waals surface area contributed by atoms with Crippen molar-refractivity contribution in [2.45, 2.75) is 71.8 Å². The second kappa shape index (κ2) is 13.5. The van der Waals surface area contributed by atoms with Crippen LogP contribution in [0.4, 0.5) is 4.79 Å². The van der Waals surface area contributed by atoms with E-state index in [9.17, 15) is 14.4 Å². The monoisotopic (exact) mass is 499 g/mol. The number of esters is 2. The zero-order valence-corrected chi connectivity index (χ0v) is 21.9. The van der Waals surface area contributed by atoms with Gasteiger partial charge in [-0.05, 0) is 50.5 Å². The molecule has 0 heterocycles. The molecule has 8 heteroatoms. The normalized spacial score (nSPS) is 13.6. The molecule has 1 N–H and O–H groups in total. The van der Waals surface area contributed by atoms with Crippen LogP contribution in [-0.2, 0) is 36.8 Å². The van der Waals surface area contributed by atoms with Gasteiger partial charge in [-0.2, -0.15) is 0 Å². The molecule has 2 rings (SSSR count). The fraction of sp³-hybridized carbons (Fsp3) is 0.464. The van der Waals surface area contributed by atoms with Crippen molar-refractivity contribution in [2.75, 3.05) is 7.11 Å². The van der Waals surface area contributed by atoms with Crippen LogP contribution in [-0.4, -0.2) is 42.9 Å². The zero-order valence-electron chi connectivity index (χ0n) is 21.9. The van der Waals surface area contributed by atoms with Gasteiger partial charge >= 0.3 is 18.0 Å². The fourth-order valence-electron chi connectivity index (χ4n) is 3.27. The maximum Gasteiger partial charge on any atom is 0.408 e. The van der Waals surface area contributed by atoms with Crippen LogP contribution in [0.5, 0.6) is 5.75 Å². The first-order chi connectivity index (χ1) is 17.0. The van der Waals surface area contributed by atoms with Crippen LogP contribution in [0.15, 0.2) is 54.6 Å². The molecule has 0 spiro atoms. The van der Waals surface area contributed by atoms with Crippen LogP contribution in [0.1, 0.15) is 52.2 Å². The summed E-state index contributed by atoms with van der Waals surface area (Å²) in [4.78, 5) is 38.6. The Morgan fingerprint density at radius 1 is 0.917 bits per heavy atom. The van der Waals surface area contributed by atoms with Gasteiger partial charge in [-0.1, -0.05) is 56.3 Å². The van der Waals surface area contributed by atoms with Crippen molar-refractivity contribution < 1.29 is 33.3 Å². The highest BCUT2D eigenvalue weighted by atomic mass is 16.6. The first-order valence-corrected chi connectivity index (χ1v) is 12.1. The van der Waals surface area contributed by atoms with Gasteiger partial charge in [0.25, 0.3) is 0 Å². The second-order valence-electron chi connectivity index (χ2n) is 9.59. The molecule has 2 aromatic carbocycles. The molecule has 0 aromatic heterocycles. The number of nitrogens with one attached hydrogen (secondary N) is 1. The van der Waals surface area contributed by atoms with Gasteiger partial charge in [0.15, 0.2) is 0 Å². The molecule has 0 fully saturated rings. The van der Waals surface area contributed by atoms with E-state index in [0.29, 0.717) is 12.2 Å². The largest absolute Gasteiger partial charge is 0.497 e. The standard InChI is InChI=1S/C28H37NO7/c1-7-19(2)24(26(31)34-18-21-11-9-8-10-12-21)35-25(30)23(29-27(32)36-28(3,4)5)17-20-13-15-22(33-6)16-14-20/h8-16,19,23-24H,7,17-18H2,1-6H3,(H,29,32). The smallest absolute Gasteiger partial charge is 0.408 e. The van der Waals surface area contributed by atoms with Crippen LogP contribution in [0, 0.1) is 5.92 Å². The third-order valence-electron chi connectivity index (χ3n) is 5.43. The summed E-state index contributed by atoms with van der Waals surface area (Å²) in [5.41, 5.74) is 0.837. The molecule has 1 amide bonds. The van der Waals surface area contributed by atoms with Gasteiger partial charge in [-0.15, -0.1) is 0 Å². The molecule has 0 saturated heterocycles. The highest BCUT2D eigenvalue weighted by Crippen LogP contribution is 2.18. The average Bonchev–Trinajstić information content (AvgIpc) is 2.84. The van der Waals surface area contributed by atoms with E-state index in [0.717, 1.165) is 11.1 Å². The van der Waals surface area contributed by atoms with Crippen molar-refractivity contribution in [3.8, 4) is 5.75 Å². The molecular weight excluding hydrogens is 462 g/mol. The molecule has 0 bridgehead atoms. The lowest BCUT2D eigenvalue weighted by Crippen LogP contribution is -2.48. The van der Waals surface area contributed by atoms with Gasteiger partial charge in [0, 0.05) is 12.3 Å². The Bertz CT molecular complexity index is 983. The molecule has 0 radical (unpaired) electrons. The molecule has 0 saturated carbocycles. The third kappa shape index (κ3) is 9.60. The lowest BCUT2D eigenvalue weighted by molar-refractivity contribution is -0.173. The second-order valence-corrected chi connectivity index (χ2v) is 9.59. The molecule has 196 valence electrons. The lowest BCUT2D eigenvalue weighted by Gasteiger charge is -2.26. The van der Waals surface area contributed by atoms with Crippen molar-refractivity contribution in [2.24, 2.45) is 5.92 Å². The lowest BCUT2D eigenvalue weighted by atomic mass is 10.0. The van der Waals surface area contributed by atoms with Gasteiger partial charge in [0.1, 0.15) is 24.0 Å². The van der Waals surface area contributed by atoms with E-state index in [-0.39, 0.29) is 18.9 Å². The number of carbonyl (C=O) groups excluding carboxylic acids is 3. The first-order valence-electron chi connectivity index (χ1n) is 12.1. The van der Waals surface area contributed by atoms with Gasteiger partial charge in [-0.3, -0.25) is 0 Å². The van der Waals surface area contributed by atoms with Gasteiger partial charge < -0.3 is 24.3 Å². The molecule has 0 aliphatic rings. The Balaban J connectivity index is 2.18. The van der Waals surface area contributed by atoms with Crippen molar-refractivity contribution >= 4 is 18.0 Å². The van der Waals surface area contributed by atoms with Crippen molar-refractivity contribution in [3.05, 3.63) is 65.7 Å². The quantitative estimate of drug-likeness (QED) is 0.349. The number of hydrogen-bond acceptors (Lipinski definition) is 7. The van der Waals surface area contributed by atoms with Crippen molar-refractivity contribution in [1.29, 1.82) is 0 Å². The summed E-state index contributed by atoms with van der Waals surface area (Å²) in [7, 11) is 1.56. The predicted octanol–water partition coefficient (Wildman–Crippen LogP) is 4.83. The van der Waals surface area contributed by atoms with Crippen LogP contribution in [0.3, 0.4) is 0 Å².